The highest BCUT2D eigenvalue weighted by atomic mass is 20.0. The Morgan fingerprint density at radius 3 is 2.20 bits per heavy atom. The van der Waals surface area contributed by atoms with Gasteiger partial charge in [0.25, 0.3) is 0 Å². The van der Waals surface area contributed by atoms with Crippen LogP contribution in [0.4, 0.5) is 14.8 Å². The van der Waals surface area contributed by atoms with Gasteiger partial charge in [-0.3, -0.25) is 4.79 Å². The topological polar surface area (TPSA) is 29.1 Å². The number of benzene rings is 1. The second-order valence-electron chi connectivity index (χ2n) is 2.93. The molecule has 0 aliphatic heterocycles. The highest BCUT2D eigenvalue weighted by Gasteiger charge is 1.92. The quantitative estimate of drug-likeness (QED) is 0.779. The Morgan fingerprint density at radius 2 is 1.73 bits per heavy atom. The van der Waals surface area contributed by atoms with Crippen molar-refractivity contribution in [2.45, 2.75) is 13.8 Å². The number of hydrogen-bond donors (Lipinski definition) is 1. The van der Waals surface area contributed by atoms with Crippen molar-refractivity contribution in [1.29, 1.82) is 0 Å². The van der Waals surface area contributed by atoms with Crippen molar-refractivity contribution in [3.63, 3.8) is 0 Å². The predicted molar refractivity (Wildman–Crippen MR) is 56.7 cm³/mol. The molecule has 1 aromatic carbocycles. The fraction of sp³-hybridized carbons (Fsp3) is 0.182. The number of para-hydroxylation sites is 1. The van der Waals surface area contributed by atoms with Crippen LogP contribution in [0.2, 0.25) is 0 Å². The number of carbonyl (C=O) groups excluding carboxylic acids is 1. The summed E-state index contributed by atoms with van der Waals surface area (Å²) >= 11 is 0. The number of hydrogen-bond acceptors (Lipinski definition) is 2. The van der Waals surface area contributed by atoms with Crippen LogP contribution in [-0.4, -0.2) is 5.78 Å². The molecule has 0 spiro atoms. The monoisotopic (exact) mass is 213 g/mol. The summed E-state index contributed by atoms with van der Waals surface area (Å²) in [5.41, 5.74) is 1.86. The zero-order chi connectivity index (χ0) is 11.7. The molecule has 0 fully saturated rings. The van der Waals surface area contributed by atoms with Gasteiger partial charge >= 0.3 is 0 Å². The van der Waals surface area contributed by atoms with Crippen LogP contribution in [0.25, 0.3) is 0 Å². The first-order valence-electron chi connectivity index (χ1n) is 4.34. The number of anilines is 1. The van der Waals surface area contributed by atoms with E-state index >= 15 is 0 Å². The summed E-state index contributed by atoms with van der Waals surface area (Å²) in [5.74, 6) is 0.0564. The van der Waals surface area contributed by atoms with Crippen molar-refractivity contribution in [3.05, 3.63) is 42.1 Å². The standard InChI is InChI=1S/C11H13NO.F2/c1-9(8-10(2)13)12-11-6-4-3-5-7-11;1-2/h3-8,12H,1-2H3;. The van der Waals surface area contributed by atoms with E-state index in [9.17, 15) is 4.79 Å². The number of rotatable bonds is 3. The van der Waals surface area contributed by atoms with E-state index in [0.29, 0.717) is 0 Å². The summed E-state index contributed by atoms with van der Waals surface area (Å²) in [6, 6.07) is 9.76. The van der Waals surface area contributed by atoms with Gasteiger partial charge in [-0.1, -0.05) is 18.2 Å². The Bertz CT molecular complexity index is 323. The SMILES string of the molecule is CC(=O)C=C(C)Nc1ccccc1.FF. The van der Waals surface area contributed by atoms with E-state index in [-0.39, 0.29) is 5.78 Å². The third-order valence-electron chi connectivity index (χ3n) is 1.54. The lowest BCUT2D eigenvalue weighted by atomic mass is 10.3. The van der Waals surface area contributed by atoms with Crippen molar-refractivity contribution in [2.75, 3.05) is 5.32 Å². The fourth-order valence-corrected chi connectivity index (χ4v) is 1.09. The zero-order valence-electron chi connectivity index (χ0n) is 8.63. The molecule has 0 atom stereocenters. The summed E-state index contributed by atoms with van der Waals surface area (Å²) in [6.45, 7) is 3.41. The van der Waals surface area contributed by atoms with E-state index in [1.807, 2.05) is 37.3 Å². The molecular weight excluding hydrogens is 200 g/mol. The van der Waals surface area contributed by atoms with Gasteiger partial charge in [0.1, 0.15) is 0 Å². The van der Waals surface area contributed by atoms with E-state index in [0.717, 1.165) is 11.4 Å². The third kappa shape index (κ3) is 6.37. The first-order chi connectivity index (χ1) is 7.18. The lowest BCUT2D eigenvalue weighted by molar-refractivity contribution is -0.112. The number of allylic oxidation sites excluding steroid dienone is 2. The van der Waals surface area contributed by atoms with Crippen molar-refractivity contribution in [3.8, 4) is 0 Å². The minimum atomic E-state index is 0.0564. The first-order valence-corrected chi connectivity index (χ1v) is 4.34. The van der Waals surface area contributed by atoms with Crippen LogP contribution < -0.4 is 5.32 Å². The highest BCUT2D eigenvalue weighted by Crippen LogP contribution is 2.08. The average Bonchev–Trinajstić information content (AvgIpc) is 2.21. The minimum absolute atomic E-state index is 0.0564. The van der Waals surface area contributed by atoms with Crippen molar-refractivity contribution < 1.29 is 13.9 Å². The molecule has 0 aliphatic rings. The predicted octanol–water partition coefficient (Wildman–Crippen LogP) is 3.43. The number of ketones is 1. The van der Waals surface area contributed by atoms with Gasteiger partial charge < -0.3 is 5.32 Å². The van der Waals surface area contributed by atoms with Crippen LogP contribution in [0, 0.1) is 0 Å². The van der Waals surface area contributed by atoms with Crippen LogP contribution in [0.15, 0.2) is 42.1 Å². The summed E-state index contributed by atoms with van der Waals surface area (Å²) < 4.78 is 16.0. The molecule has 15 heavy (non-hydrogen) atoms. The maximum absolute atomic E-state index is 10.7. The summed E-state index contributed by atoms with van der Waals surface area (Å²) in [6.07, 6.45) is 1.58. The number of nitrogens with one attached hydrogen (secondary N) is 1. The van der Waals surface area contributed by atoms with E-state index < -0.39 is 0 Å². The van der Waals surface area contributed by atoms with Crippen molar-refractivity contribution >= 4 is 11.5 Å². The molecule has 0 bridgehead atoms. The molecule has 2 nitrogen and oxygen atoms in total. The summed E-state index contributed by atoms with van der Waals surface area (Å²) in [4.78, 5) is 10.7. The van der Waals surface area contributed by atoms with Crippen LogP contribution in [0.5, 0.6) is 0 Å². The average molecular weight is 213 g/mol. The minimum Gasteiger partial charge on any atom is -0.359 e. The molecule has 1 N–H and O–H groups in total. The maximum atomic E-state index is 10.7. The number of halogens is 2. The molecule has 0 aromatic heterocycles. The van der Waals surface area contributed by atoms with Gasteiger partial charge in [0.05, 0.1) is 0 Å². The van der Waals surface area contributed by atoms with E-state index in [1.54, 1.807) is 6.08 Å². The van der Waals surface area contributed by atoms with Gasteiger partial charge in [-0.2, -0.15) is 0 Å². The second-order valence-corrected chi connectivity index (χ2v) is 2.93. The van der Waals surface area contributed by atoms with E-state index in [1.165, 1.54) is 6.92 Å². The normalized spacial score (nSPS) is 10.0. The van der Waals surface area contributed by atoms with Gasteiger partial charge in [0.2, 0.25) is 0 Å². The smallest absolute Gasteiger partial charge is 0.154 e. The van der Waals surface area contributed by atoms with Gasteiger partial charge in [-0.15, -0.1) is 0 Å². The van der Waals surface area contributed by atoms with Crippen molar-refractivity contribution in [2.24, 2.45) is 0 Å². The van der Waals surface area contributed by atoms with Crippen molar-refractivity contribution in [1.82, 2.24) is 0 Å². The first kappa shape index (κ1) is 13.3. The van der Waals surface area contributed by atoms with E-state index in [2.05, 4.69) is 5.32 Å². The van der Waals surface area contributed by atoms with Crippen LogP contribution in [0.3, 0.4) is 0 Å². The Labute approximate surface area is 87.5 Å². The Balaban J connectivity index is 0.000000921. The van der Waals surface area contributed by atoms with Gasteiger partial charge in [0.15, 0.2) is 5.78 Å². The van der Waals surface area contributed by atoms with Gasteiger partial charge in [-0.25, -0.2) is 0 Å². The van der Waals surface area contributed by atoms with Crippen LogP contribution in [0.1, 0.15) is 13.8 Å². The Kier molecular flexibility index (Phi) is 6.80. The summed E-state index contributed by atoms with van der Waals surface area (Å²) in [7, 11) is 0. The molecule has 4 heteroatoms. The van der Waals surface area contributed by atoms with E-state index in [4.69, 9.17) is 9.15 Å². The lowest BCUT2D eigenvalue weighted by Gasteiger charge is -2.04. The van der Waals surface area contributed by atoms with Gasteiger partial charge in [0, 0.05) is 20.5 Å². The Hall–Kier alpha value is -1.71. The molecule has 0 saturated heterocycles. The van der Waals surface area contributed by atoms with Crippen LogP contribution >= 0.6 is 0 Å². The molecule has 0 radical (unpaired) electrons. The fourth-order valence-electron chi connectivity index (χ4n) is 1.09. The zero-order valence-corrected chi connectivity index (χ0v) is 8.63. The molecule has 1 aromatic rings. The molecule has 82 valence electrons. The van der Waals surface area contributed by atoms with Gasteiger partial charge in [-0.05, 0) is 32.1 Å². The largest absolute Gasteiger partial charge is 0.359 e. The molecule has 0 unspecified atom stereocenters. The molecule has 0 aliphatic carbocycles. The Morgan fingerprint density at radius 1 is 1.20 bits per heavy atom. The van der Waals surface area contributed by atoms with Crippen LogP contribution in [-0.2, 0) is 4.79 Å². The second kappa shape index (κ2) is 7.67. The third-order valence-corrected chi connectivity index (χ3v) is 1.54. The molecular formula is C11H13F2NO. The lowest BCUT2D eigenvalue weighted by Crippen LogP contribution is -1.97. The summed E-state index contributed by atoms with van der Waals surface area (Å²) in [5, 5.41) is 3.11. The number of carbonyl (C=O) groups is 1. The molecule has 0 amide bonds. The maximum Gasteiger partial charge on any atom is 0.154 e. The highest BCUT2D eigenvalue weighted by molar-refractivity contribution is 5.88. The molecule has 0 saturated carbocycles. The molecule has 1 rings (SSSR count). The molecule has 0 heterocycles.